The molecule has 4 nitrogen and oxygen atoms in total. The van der Waals surface area contributed by atoms with Crippen molar-refractivity contribution in [2.75, 3.05) is 6.54 Å². The van der Waals surface area contributed by atoms with Crippen molar-refractivity contribution >= 4 is 23.3 Å². The molecular weight excluding hydrogens is 432 g/mol. The minimum Gasteiger partial charge on any atom is -0.328 e. The molecule has 0 spiro atoms. The highest BCUT2D eigenvalue weighted by Crippen LogP contribution is 2.51. The Morgan fingerprint density at radius 1 is 1.12 bits per heavy atom. The lowest BCUT2D eigenvalue weighted by atomic mass is 9.70. The first-order chi connectivity index (χ1) is 15.8. The first-order valence-corrected chi connectivity index (χ1v) is 12.1. The van der Waals surface area contributed by atoms with E-state index in [-0.39, 0.29) is 17.6 Å². The lowest BCUT2D eigenvalue weighted by Crippen LogP contribution is -2.55. The molecule has 170 valence electrons. The quantitative estimate of drug-likeness (QED) is 0.411. The van der Waals surface area contributed by atoms with E-state index >= 15 is 0 Å². The van der Waals surface area contributed by atoms with E-state index in [9.17, 15) is 9.59 Å². The summed E-state index contributed by atoms with van der Waals surface area (Å²) in [6, 6.07) is 11.3. The van der Waals surface area contributed by atoms with Gasteiger partial charge in [-0.15, -0.1) is 0 Å². The third kappa shape index (κ3) is 3.65. The molecule has 0 radical (unpaired) electrons. The van der Waals surface area contributed by atoms with E-state index < -0.39 is 5.54 Å². The number of carbonyl (C=O) groups is 2. The molecule has 0 bridgehead atoms. The second kappa shape index (κ2) is 8.25. The largest absolute Gasteiger partial charge is 0.328 e. The zero-order valence-electron chi connectivity index (χ0n) is 19.4. The van der Waals surface area contributed by atoms with Crippen molar-refractivity contribution in [3.63, 3.8) is 0 Å². The zero-order chi connectivity index (χ0) is 23.3. The van der Waals surface area contributed by atoms with Crippen LogP contribution in [0.4, 0.5) is 0 Å². The molecule has 3 heterocycles. The summed E-state index contributed by atoms with van der Waals surface area (Å²) >= 11 is 6.21. The predicted octanol–water partition coefficient (Wildman–Crippen LogP) is 5.91. The number of carbonyl (C=O) groups excluding carboxylic acids is 2. The van der Waals surface area contributed by atoms with Crippen molar-refractivity contribution in [2.24, 2.45) is 11.8 Å². The van der Waals surface area contributed by atoms with E-state index in [1.165, 1.54) is 18.4 Å². The Kier molecular flexibility index (Phi) is 5.52. The molecular formula is C28H29ClN2O2. The highest BCUT2D eigenvalue weighted by molar-refractivity contribution is 6.30. The maximum absolute atomic E-state index is 14.2. The van der Waals surface area contributed by atoms with Gasteiger partial charge in [-0.2, -0.15) is 0 Å². The van der Waals surface area contributed by atoms with Crippen LogP contribution >= 0.6 is 11.6 Å². The molecule has 33 heavy (non-hydrogen) atoms. The molecule has 1 aromatic heterocycles. The summed E-state index contributed by atoms with van der Waals surface area (Å²) in [5.74, 6) is 0.341. The van der Waals surface area contributed by atoms with Gasteiger partial charge < -0.3 is 4.90 Å². The number of pyridine rings is 1. The number of Topliss-reactive ketones (excluding diaryl/α,β-unsaturated/α-hetero) is 1. The van der Waals surface area contributed by atoms with Gasteiger partial charge in [-0.3, -0.25) is 14.6 Å². The Morgan fingerprint density at radius 3 is 2.52 bits per heavy atom. The van der Waals surface area contributed by atoms with Crippen molar-refractivity contribution < 1.29 is 9.59 Å². The Labute approximate surface area is 200 Å². The number of hydrogen-bond acceptors (Lipinski definition) is 3. The van der Waals surface area contributed by atoms with E-state index in [1.807, 2.05) is 49.1 Å². The Morgan fingerprint density at radius 2 is 1.85 bits per heavy atom. The molecule has 1 aliphatic carbocycles. The number of rotatable bonds is 5. The van der Waals surface area contributed by atoms with E-state index in [0.29, 0.717) is 35.9 Å². The fourth-order valence-electron chi connectivity index (χ4n) is 5.64. The molecule has 1 aromatic carbocycles. The Balaban J connectivity index is 1.65. The predicted molar refractivity (Wildman–Crippen MR) is 130 cm³/mol. The van der Waals surface area contributed by atoms with Crippen LogP contribution < -0.4 is 0 Å². The standard InChI is InChI=1S/C28H29ClN2O2/c1-17(2)23(15-18(3)19-6-7-19)26(32)24-12-14-31-27(33)22-5-4-13-30-25(22)16-28(24,31)20-8-10-21(29)11-9-20/h4-5,8-11,13,15,19,24H,6-7,12,14,16H2,1-3H3/b18-15+. The monoisotopic (exact) mass is 460 g/mol. The minimum absolute atomic E-state index is 0.0435. The van der Waals surface area contributed by atoms with Gasteiger partial charge in [-0.25, -0.2) is 0 Å². The highest BCUT2D eigenvalue weighted by atomic mass is 35.5. The summed E-state index contributed by atoms with van der Waals surface area (Å²) in [7, 11) is 0. The van der Waals surface area contributed by atoms with Crippen LogP contribution in [-0.4, -0.2) is 28.1 Å². The molecule has 5 rings (SSSR count). The highest BCUT2D eigenvalue weighted by Gasteiger charge is 2.57. The number of nitrogens with zero attached hydrogens (tertiary/aromatic N) is 2. The summed E-state index contributed by atoms with van der Waals surface area (Å²) in [5.41, 5.74) is 4.68. The summed E-state index contributed by atoms with van der Waals surface area (Å²) in [6.07, 6.45) is 7.39. The Bertz CT molecular complexity index is 1190. The molecule has 1 saturated heterocycles. The van der Waals surface area contributed by atoms with Crippen LogP contribution in [-0.2, 0) is 16.8 Å². The molecule has 1 saturated carbocycles. The number of benzene rings is 1. The fraction of sp³-hybridized carbons (Fsp3) is 0.393. The van der Waals surface area contributed by atoms with Crippen molar-refractivity contribution in [3.05, 3.63) is 87.2 Å². The van der Waals surface area contributed by atoms with Crippen LogP contribution in [0.25, 0.3) is 0 Å². The van der Waals surface area contributed by atoms with Gasteiger partial charge >= 0.3 is 0 Å². The summed E-state index contributed by atoms with van der Waals surface area (Å²) in [6.45, 7) is 6.70. The molecule has 2 aliphatic heterocycles. The van der Waals surface area contributed by atoms with E-state index in [0.717, 1.165) is 22.4 Å². The van der Waals surface area contributed by atoms with Gasteiger partial charge in [0.1, 0.15) is 0 Å². The van der Waals surface area contributed by atoms with Crippen LogP contribution in [0.15, 0.2) is 65.4 Å². The molecule has 2 unspecified atom stereocenters. The first-order valence-electron chi connectivity index (χ1n) is 11.7. The third-order valence-electron chi connectivity index (χ3n) is 7.56. The number of halogens is 1. The summed E-state index contributed by atoms with van der Waals surface area (Å²) < 4.78 is 0. The summed E-state index contributed by atoms with van der Waals surface area (Å²) in [5, 5.41) is 0.635. The first kappa shape index (κ1) is 22.1. The number of fused-ring (bicyclic) bond motifs is 2. The average molecular weight is 461 g/mol. The molecule has 1 amide bonds. The van der Waals surface area contributed by atoms with E-state index in [2.05, 4.69) is 18.0 Å². The van der Waals surface area contributed by atoms with Crippen LogP contribution in [0.5, 0.6) is 0 Å². The maximum Gasteiger partial charge on any atom is 0.256 e. The van der Waals surface area contributed by atoms with Crippen molar-refractivity contribution in [1.82, 2.24) is 9.88 Å². The smallest absolute Gasteiger partial charge is 0.256 e. The van der Waals surface area contributed by atoms with Gasteiger partial charge in [-0.05, 0) is 75.8 Å². The fourth-order valence-corrected chi connectivity index (χ4v) is 5.77. The Hall–Kier alpha value is -2.72. The normalized spacial score (nSPS) is 24.4. The van der Waals surface area contributed by atoms with Gasteiger partial charge in [0.2, 0.25) is 0 Å². The molecule has 5 heteroatoms. The van der Waals surface area contributed by atoms with Crippen LogP contribution in [0.3, 0.4) is 0 Å². The molecule has 3 aliphatic rings. The molecule has 2 atom stereocenters. The van der Waals surface area contributed by atoms with Crippen LogP contribution in [0.1, 0.15) is 61.6 Å². The van der Waals surface area contributed by atoms with E-state index in [4.69, 9.17) is 11.6 Å². The maximum atomic E-state index is 14.2. The number of amides is 1. The van der Waals surface area contributed by atoms with Crippen LogP contribution in [0, 0.1) is 11.8 Å². The average Bonchev–Trinajstić information content (AvgIpc) is 3.58. The minimum atomic E-state index is -0.762. The van der Waals surface area contributed by atoms with Crippen molar-refractivity contribution in [3.8, 4) is 0 Å². The second-order valence-electron chi connectivity index (χ2n) is 9.84. The lowest BCUT2D eigenvalue weighted by molar-refractivity contribution is -0.121. The second-order valence-corrected chi connectivity index (χ2v) is 10.3. The molecule has 0 N–H and O–H groups in total. The SMILES string of the molecule is CC(C)=C(/C=C(\C)C1CC1)C(=O)C1CCN2C(=O)c3cccnc3CC12c1ccc(Cl)cc1. The number of ketones is 1. The topological polar surface area (TPSA) is 50.3 Å². The van der Waals surface area contributed by atoms with E-state index in [1.54, 1.807) is 12.3 Å². The summed E-state index contributed by atoms with van der Waals surface area (Å²) in [4.78, 5) is 34.3. The van der Waals surface area contributed by atoms with Gasteiger partial charge in [-0.1, -0.05) is 41.0 Å². The number of aromatic nitrogens is 1. The van der Waals surface area contributed by atoms with Gasteiger partial charge in [0.15, 0.2) is 5.78 Å². The molecule has 2 aromatic rings. The van der Waals surface area contributed by atoms with Crippen molar-refractivity contribution in [2.45, 2.75) is 52.0 Å². The van der Waals surface area contributed by atoms with Gasteiger partial charge in [0.05, 0.1) is 22.7 Å². The van der Waals surface area contributed by atoms with Gasteiger partial charge in [0, 0.05) is 29.8 Å². The molecule has 2 fully saturated rings. The lowest BCUT2D eigenvalue weighted by Gasteiger charge is -2.45. The van der Waals surface area contributed by atoms with Gasteiger partial charge in [0.25, 0.3) is 5.91 Å². The number of hydrogen-bond donors (Lipinski definition) is 0. The zero-order valence-corrected chi connectivity index (χ0v) is 20.2. The third-order valence-corrected chi connectivity index (χ3v) is 7.81. The van der Waals surface area contributed by atoms with Crippen LogP contribution in [0.2, 0.25) is 5.02 Å². The number of allylic oxidation sites excluding steroid dienone is 4. The van der Waals surface area contributed by atoms with Crippen molar-refractivity contribution in [1.29, 1.82) is 0 Å².